The first-order chi connectivity index (χ1) is 12.3. The fourth-order valence-electron chi connectivity index (χ4n) is 3.42. The van der Waals surface area contributed by atoms with Crippen molar-refractivity contribution < 1.29 is 19.2 Å². The molecule has 0 unspecified atom stereocenters. The summed E-state index contributed by atoms with van der Waals surface area (Å²) in [5, 5.41) is 5.53. The smallest absolute Gasteiger partial charge is 0.318 e. The normalized spacial score (nSPS) is 22.5. The molecule has 0 radical (unpaired) electrons. The van der Waals surface area contributed by atoms with Gasteiger partial charge in [0.05, 0.1) is 6.54 Å². The van der Waals surface area contributed by atoms with Crippen LogP contribution in [0.4, 0.5) is 4.79 Å². The highest BCUT2D eigenvalue weighted by Gasteiger charge is 2.37. The van der Waals surface area contributed by atoms with Crippen molar-refractivity contribution in [3.8, 4) is 0 Å². The molecule has 9 nitrogen and oxygen atoms in total. The fourth-order valence-corrected chi connectivity index (χ4v) is 3.42. The molecular weight excluding hydrogens is 338 g/mol. The molecule has 1 heterocycles. The number of nitrogens with two attached hydrogens (primary N) is 1. The number of nitrogens with zero attached hydrogens (tertiary/aromatic N) is 2. The first-order valence-corrected chi connectivity index (χ1v) is 9.22. The quantitative estimate of drug-likeness (QED) is 0.622. The van der Waals surface area contributed by atoms with Crippen molar-refractivity contribution in [3.05, 3.63) is 0 Å². The Balaban J connectivity index is 2.07. The minimum atomic E-state index is -0.849. The molecule has 0 bridgehead atoms. The van der Waals surface area contributed by atoms with Crippen molar-refractivity contribution in [1.29, 1.82) is 0 Å². The van der Waals surface area contributed by atoms with Crippen LogP contribution in [0.25, 0.3) is 0 Å². The van der Waals surface area contributed by atoms with Gasteiger partial charge in [-0.3, -0.25) is 14.4 Å². The van der Waals surface area contributed by atoms with Crippen molar-refractivity contribution in [1.82, 2.24) is 20.4 Å². The van der Waals surface area contributed by atoms with Gasteiger partial charge < -0.3 is 26.2 Å². The number of urea groups is 1. The molecule has 2 aliphatic rings. The summed E-state index contributed by atoms with van der Waals surface area (Å²) < 4.78 is 0. The zero-order chi connectivity index (χ0) is 19.3. The number of piperazine rings is 1. The van der Waals surface area contributed by atoms with E-state index in [1.807, 2.05) is 0 Å². The van der Waals surface area contributed by atoms with Gasteiger partial charge in [0.2, 0.25) is 17.7 Å². The Labute approximate surface area is 153 Å². The SMILES string of the molecule is CC(=O)N1CCN(C(=O)NC2CCCCC2)[C@@H](C(=O)N[C@H](C)C(N)=O)C1. The number of hydrogen-bond acceptors (Lipinski definition) is 4. The molecule has 1 saturated heterocycles. The summed E-state index contributed by atoms with van der Waals surface area (Å²) in [5.74, 6) is -1.30. The van der Waals surface area contributed by atoms with E-state index < -0.39 is 23.9 Å². The molecule has 2 fully saturated rings. The second-order valence-corrected chi connectivity index (χ2v) is 7.09. The minimum Gasteiger partial charge on any atom is -0.368 e. The minimum absolute atomic E-state index is 0.102. The second-order valence-electron chi connectivity index (χ2n) is 7.09. The van der Waals surface area contributed by atoms with Gasteiger partial charge in [0, 0.05) is 26.1 Å². The molecule has 0 aromatic heterocycles. The molecule has 5 amide bonds. The number of amides is 5. The van der Waals surface area contributed by atoms with Crippen molar-refractivity contribution in [2.75, 3.05) is 19.6 Å². The maximum absolute atomic E-state index is 12.7. The maximum Gasteiger partial charge on any atom is 0.318 e. The lowest BCUT2D eigenvalue weighted by molar-refractivity contribution is -0.136. The van der Waals surface area contributed by atoms with Gasteiger partial charge in [-0.05, 0) is 19.8 Å². The number of nitrogens with one attached hydrogen (secondary N) is 2. The molecule has 4 N–H and O–H groups in total. The van der Waals surface area contributed by atoms with Crippen molar-refractivity contribution >= 4 is 23.8 Å². The first kappa shape index (κ1) is 20.0. The summed E-state index contributed by atoms with van der Waals surface area (Å²) in [5.41, 5.74) is 5.20. The van der Waals surface area contributed by atoms with Crippen LogP contribution >= 0.6 is 0 Å². The number of primary amides is 1. The highest BCUT2D eigenvalue weighted by atomic mass is 16.2. The van der Waals surface area contributed by atoms with Crippen LogP contribution in [0.3, 0.4) is 0 Å². The van der Waals surface area contributed by atoms with Gasteiger partial charge in [-0.25, -0.2) is 4.79 Å². The Bertz CT molecular complexity index is 561. The summed E-state index contributed by atoms with van der Waals surface area (Å²) in [6.07, 6.45) is 5.23. The van der Waals surface area contributed by atoms with Gasteiger partial charge >= 0.3 is 6.03 Å². The van der Waals surface area contributed by atoms with E-state index in [0.29, 0.717) is 6.54 Å². The lowest BCUT2D eigenvalue weighted by Crippen LogP contribution is -2.64. The molecule has 146 valence electrons. The highest BCUT2D eigenvalue weighted by molar-refractivity contribution is 5.92. The van der Waals surface area contributed by atoms with Gasteiger partial charge in [-0.1, -0.05) is 19.3 Å². The summed E-state index contributed by atoms with van der Waals surface area (Å²) in [7, 11) is 0. The zero-order valence-electron chi connectivity index (χ0n) is 15.5. The van der Waals surface area contributed by atoms with Crippen LogP contribution in [-0.4, -0.2) is 71.3 Å². The summed E-state index contributed by atoms with van der Waals surface area (Å²) >= 11 is 0. The topological polar surface area (TPSA) is 125 Å². The van der Waals surface area contributed by atoms with Crippen LogP contribution in [0.15, 0.2) is 0 Å². The van der Waals surface area contributed by atoms with Crippen LogP contribution in [0.2, 0.25) is 0 Å². The van der Waals surface area contributed by atoms with Crippen molar-refractivity contribution in [3.63, 3.8) is 0 Å². The average molecular weight is 367 g/mol. The molecular formula is C17H29N5O4. The first-order valence-electron chi connectivity index (χ1n) is 9.22. The third kappa shape index (κ3) is 5.09. The number of carbonyl (C=O) groups is 4. The standard InChI is InChI=1S/C17H29N5O4/c1-11(15(18)24)19-16(25)14-10-21(12(2)23)8-9-22(14)17(26)20-13-6-4-3-5-7-13/h11,13-14H,3-10H2,1-2H3,(H2,18,24)(H,19,25)(H,20,26)/t11-,14-/m1/s1. The molecule has 2 atom stereocenters. The van der Waals surface area contributed by atoms with Crippen molar-refractivity contribution in [2.45, 2.75) is 64.1 Å². The highest BCUT2D eigenvalue weighted by Crippen LogP contribution is 2.18. The van der Waals surface area contributed by atoms with Gasteiger partial charge in [0.1, 0.15) is 12.1 Å². The third-order valence-electron chi connectivity index (χ3n) is 5.11. The van der Waals surface area contributed by atoms with E-state index in [9.17, 15) is 19.2 Å². The fraction of sp³-hybridized carbons (Fsp3) is 0.765. The third-order valence-corrected chi connectivity index (χ3v) is 5.11. The average Bonchev–Trinajstić information content (AvgIpc) is 2.61. The Kier molecular flexibility index (Phi) is 6.82. The molecule has 9 heteroatoms. The van der Waals surface area contributed by atoms with Gasteiger partial charge in [-0.15, -0.1) is 0 Å². The lowest BCUT2D eigenvalue weighted by atomic mass is 9.95. The molecule has 26 heavy (non-hydrogen) atoms. The Morgan fingerprint density at radius 3 is 2.31 bits per heavy atom. The van der Waals surface area contributed by atoms with Gasteiger partial charge in [0.15, 0.2) is 0 Å². The number of carbonyl (C=O) groups excluding carboxylic acids is 4. The number of hydrogen-bond donors (Lipinski definition) is 3. The Morgan fingerprint density at radius 1 is 1.08 bits per heavy atom. The monoisotopic (exact) mass is 367 g/mol. The number of rotatable bonds is 4. The predicted molar refractivity (Wildman–Crippen MR) is 95.0 cm³/mol. The molecule has 1 aliphatic carbocycles. The van der Waals surface area contributed by atoms with Crippen LogP contribution < -0.4 is 16.4 Å². The van der Waals surface area contributed by atoms with Crippen LogP contribution in [-0.2, 0) is 14.4 Å². The van der Waals surface area contributed by atoms with Crippen LogP contribution in [0, 0.1) is 0 Å². The van der Waals surface area contributed by atoms with E-state index in [4.69, 9.17) is 5.73 Å². The van der Waals surface area contributed by atoms with E-state index in [0.717, 1.165) is 25.7 Å². The van der Waals surface area contributed by atoms with E-state index in [1.165, 1.54) is 30.1 Å². The van der Waals surface area contributed by atoms with Crippen molar-refractivity contribution in [2.24, 2.45) is 5.73 Å². The van der Waals surface area contributed by atoms with E-state index >= 15 is 0 Å². The van der Waals surface area contributed by atoms with E-state index in [1.54, 1.807) is 0 Å². The largest absolute Gasteiger partial charge is 0.368 e. The van der Waals surface area contributed by atoms with Crippen LogP contribution in [0.5, 0.6) is 0 Å². The zero-order valence-corrected chi connectivity index (χ0v) is 15.5. The molecule has 1 aliphatic heterocycles. The maximum atomic E-state index is 12.7. The van der Waals surface area contributed by atoms with E-state index in [2.05, 4.69) is 10.6 Å². The molecule has 0 aromatic rings. The Morgan fingerprint density at radius 2 is 1.73 bits per heavy atom. The molecule has 1 saturated carbocycles. The summed E-state index contributed by atoms with van der Waals surface area (Å²) in [6.45, 7) is 3.66. The summed E-state index contributed by atoms with van der Waals surface area (Å²) in [6, 6.07) is -1.88. The Hall–Kier alpha value is -2.32. The predicted octanol–water partition coefficient (Wildman–Crippen LogP) is -0.449. The second kappa shape index (κ2) is 8.86. The van der Waals surface area contributed by atoms with Gasteiger partial charge in [0.25, 0.3) is 0 Å². The molecule has 0 aromatic carbocycles. The van der Waals surface area contributed by atoms with Gasteiger partial charge in [-0.2, -0.15) is 0 Å². The molecule has 0 spiro atoms. The van der Waals surface area contributed by atoms with Crippen LogP contribution in [0.1, 0.15) is 46.0 Å². The lowest BCUT2D eigenvalue weighted by Gasteiger charge is -2.41. The van der Waals surface area contributed by atoms with E-state index in [-0.39, 0.29) is 31.1 Å². The summed E-state index contributed by atoms with van der Waals surface area (Å²) in [4.78, 5) is 51.2. The molecule has 2 rings (SSSR count).